The maximum absolute atomic E-state index is 11.4. The molecule has 0 spiro atoms. The maximum Gasteiger partial charge on any atom is 0.316 e. The minimum Gasteiger partial charge on any atom is -0.468 e. The van der Waals surface area contributed by atoms with Crippen LogP contribution in [0.15, 0.2) is 59.8 Å². The van der Waals surface area contributed by atoms with Crippen LogP contribution in [-0.2, 0) is 9.53 Å². The van der Waals surface area contributed by atoms with E-state index in [0.29, 0.717) is 16.0 Å². The number of carbonyl (C=O) groups excluding carboxylic acids is 1. The molecule has 7 heteroatoms. The smallest absolute Gasteiger partial charge is 0.316 e. The first-order valence-corrected chi connectivity index (χ1v) is 8.52. The molecule has 0 fully saturated rings. The summed E-state index contributed by atoms with van der Waals surface area (Å²) in [5.74, 6) is 0.545. The molecule has 0 N–H and O–H groups in total. The van der Waals surface area contributed by atoms with E-state index in [9.17, 15) is 4.79 Å². The van der Waals surface area contributed by atoms with Gasteiger partial charge in [0.05, 0.1) is 12.9 Å². The van der Waals surface area contributed by atoms with Crippen LogP contribution in [0.1, 0.15) is 0 Å². The molecule has 3 aromatic rings. The van der Waals surface area contributed by atoms with Crippen LogP contribution in [0.3, 0.4) is 0 Å². The van der Waals surface area contributed by atoms with Gasteiger partial charge in [0.25, 0.3) is 0 Å². The predicted octanol–water partition coefficient (Wildman–Crippen LogP) is 3.85. The van der Waals surface area contributed by atoms with E-state index in [-0.39, 0.29) is 11.7 Å². The van der Waals surface area contributed by atoms with Gasteiger partial charge in [0, 0.05) is 16.3 Å². The minimum absolute atomic E-state index is 0.169. The van der Waals surface area contributed by atoms with E-state index >= 15 is 0 Å². The summed E-state index contributed by atoms with van der Waals surface area (Å²) in [7, 11) is 1.37. The van der Waals surface area contributed by atoms with Crippen molar-refractivity contribution >= 4 is 29.3 Å². The van der Waals surface area contributed by atoms with Crippen LogP contribution in [0.5, 0.6) is 0 Å². The lowest BCUT2D eigenvalue weighted by molar-refractivity contribution is -0.137. The molecule has 0 aliphatic rings. The minimum atomic E-state index is -0.310. The fourth-order valence-electron chi connectivity index (χ4n) is 2.14. The van der Waals surface area contributed by atoms with Crippen LogP contribution in [-0.4, -0.2) is 33.6 Å². The van der Waals surface area contributed by atoms with Gasteiger partial charge in [0.15, 0.2) is 11.0 Å². The molecule has 0 saturated heterocycles. The second-order valence-corrected chi connectivity index (χ2v) is 6.23. The van der Waals surface area contributed by atoms with Crippen LogP contribution >= 0.6 is 23.4 Å². The normalized spacial score (nSPS) is 10.6. The van der Waals surface area contributed by atoms with Gasteiger partial charge >= 0.3 is 5.97 Å². The lowest BCUT2D eigenvalue weighted by Crippen LogP contribution is -2.05. The van der Waals surface area contributed by atoms with Gasteiger partial charge in [-0.05, 0) is 36.4 Å². The van der Waals surface area contributed by atoms with Crippen molar-refractivity contribution in [3.63, 3.8) is 0 Å². The Balaban J connectivity index is 2.04. The lowest BCUT2D eigenvalue weighted by atomic mass is 10.2. The maximum atomic E-state index is 11.4. The van der Waals surface area contributed by atoms with Gasteiger partial charge in [-0.25, -0.2) is 0 Å². The molecule has 24 heavy (non-hydrogen) atoms. The number of rotatable bonds is 5. The average molecular weight is 360 g/mol. The van der Waals surface area contributed by atoms with Crippen molar-refractivity contribution < 1.29 is 9.53 Å². The highest BCUT2D eigenvalue weighted by atomic mass is 35.5. The number of carbonyl (C=O) groups is 1. The summed E-state index contributed by atoms with van der Waals surface area (Å²) in [4.78, 5) is 11.4. The van der Waals surface area contributed by atoms with E-state index in [1.54, 1.807) is 0 Å². The Morgan fingerprint density at radius 1 is 1.12 bits per heavy atom. The molecule has 0 amide bonds. The van der Waals surface area contributed by atoms with Gasteiger partial charge in [-0.1, -0.05) is 41.6 Å². The molecule has 122 valence electrons. The van der Waals surface area contributed by atoms with Crippen molar-refractivity contribution in [3.05, 3.63) is 59.6 Å². The molecule has 1 heterocycles. The van der Waals surface area contributed by atoms with Gasteiger partial charge in [-0.2, -0.15) is 0 Å². The van der Waals surface area contributed by atoms with Crippen LogP contribution in [0.2, 0.25) is 5.02 Å². The van der Waals surface area contributed by atoms with Crippen molar-refractivity contribution in [2.45, 2.75) is 5.16 Å². The molecule has 3 rings (SSSR count). The molecule has 0 saturated carbocycles. The summed E-state index contributed by atoms with van der Waals surface area (Å²) in [5.41, 5.74) is 1.81. The number of esters is 1. The summed E-state index contributed by atoms with van der Waals surface area (Å²) in [6, 6.07) is 17.1. The quantitative estimate of drug-likeness (QED) is 0.511. The zero-order valence-electron chi connectivity index (χ0n) is 12.8. The number of benzene rings is 2. The number of nitrogens with zero attached hydrogens (tertiary/aromatic N) is 3. The third kappa shape index (κ3) is 3.60. The van der Waals surface area contributed by atoms with Crippen LogP contribution in [0.25, 0.3) is 17.1 Å². The van der Waals surface area contributed by atoms with Crippen molar-refractivity contribution in [2.24, 2.45) is 0 Å². The molecule has 0 bridgehead atoms. The van der Waals surface area contributed by atoms with Crippen molar-refractivity contribution in [1.29, 1.82) is 0 Å². The van der Waals surface area contributed by atoms with E-state index < -0.39 is 0 Å². The Kier molecular flexibility index (Phi) is 5.17. The van der Waals surface area contributed by atoms with E-state index in [1.165, 1.54) is 18.9 Å². The zero-order chi connectivity index (χ0) is 16.9. The van der Waals surface area contributed by atoms with Crippen LogP contribution < -0.4 is 0 Å². The second kappa shape index (κ2) is 7.51. The van der Waals surface area contributed by atoms with Gasteiger partial charge in [0.1, 0.15) is 0 Å². The molecule has 1 aromatic heterocycles. The number of halogens is 1. The van der Waals surface area contributed by atoms with Crippen molar-refractivity contribution in [3.8, 4) is 17.1 Å². The summed E-state index contributed by atoms with van der Waals surface area (Å²) in [6.07, 6.45) is 0. The Hall–Kier alpha value is -2.31. The zero-order valence-corrected chi connectivity index (χ0v) is 14.4. The monoisotopic (exact) mass is 359 g/mol. The number of para-hydroxylation sites is 1. The number of methoxy groups -OCH3 is 1. The topological polar surface area (TPSA) is 57.0 Å². The van der Waals surface area contributed by atoms with Gasteiger partial charge in [-0.3, -0.25) is 9.36 Å². The lowest BCUT2D eigenvalue weighted by Gasteiger charge is -2.10. The van der Waals surface area contributed by atoms with Crippen molar-refractivity contribution in [2.75, 3.05) is 12.9 Å². The molecule has 0 aliphatic heterocycles. The first kappa shape index (κ1) is 16.5. The highest BCUT2D eigenvalue weighted by Gasteiger charge is 2.17. The van der Waals surface area contributed by atoms with Gasteiger partial charge in [-0.15, -0.1) is 10.2 Å². The largest absolute Gasteiger partial charge is 0.468 e. The van der Waals surface area contributed by atoms with E-state index in [1.807, 2.05) is 59.2 Å². The Morgan fingerprint density at radius 2 is 1.83 bits per heavy atom. The summed E-state index contributed by atoms with van der Waals surface area (Å²) < 4.78 is 6.60. The third-order valence-corrected chi connectivity index (χ3v) is 4.45. The molecular formula is C17H14ClN3O2S. The molecular weight excluding hydrogens is 346 g/mol. The van der Waals surface area contributed by atoms with E-state index in [4.69, 9.17) is 16.3 Å². The Morgan fingerprint density at radius 3 is 2.50 bits per heavy atom. The second-order valence-electron chi connectivity index (χ2n) is 4.85. The molecule has 2 aromatic carbocycles. The summed E-state index contributed by atoms with van der Waals surface area (Å²) in [6.45, 7) is 0. The third-order valence-electron chi connectivity index (χ3n) is 3.30. The van der Waals surface area contributed by atoms with Crippen molar-refractivity contribution in [1.82, 2.24) is 14.8 Å². The fraction of sp³-hybridized carbons (Fsp3) is 0.118. The fourth-order valence-corrected chi connectivity index (χ4v) is 3.05. The standard InChI is InChI=1S/C17H14ClN3O2S/c1-23-15(22)11-24-17-20-19-16(12-7-9-13(18)10-8-12)21(17)14-5-3-2-4-6-14/h2-10H,11H2,1H3. The highest BCUT2D eigenvalue weighted by Crippen LogP contribution is 2.28. The van der Waals surface area contributed by atoms with Gasteiger partial charge < -0.3 is 4.74 Å². The number of hydrogen-bond donors (Lipinski definition) is 0. The molecule has 5 nitrogen and oxygen atoms in total. The SMILES string of the molecule is COC(=O)CSc1nnc(-c2ccc(Cl)cc2)n1-c1ccccc1. The first-order chi connectivity index (χ1) is 11.7. The Labute approximate surface area is 148 Å². The molecule has 0 unspecified atom stereocenters. The molecule has 0 aliphatic carbocycles. The predicted molar refractivity (Wildman–Crippen MR) is 94.5 cm³/mol. The van der Waals surface area contributed by atoms with Gasteiger partial charge in [0.2, 0.25) is 0 Å². The van der Waals surface area contributed by atoms with Crippen LogP contribution in [0, 0.1) is 0 Å². The highest BCUT2D eigenvalue weighted by molar-refractivity contribution is 7.99. The molecule has 0 radical (unpaired) electrons. The molecule has 0 atom stereocenters. The average Bonchev–Trinajstić information content (AvgIpc) is 3.05. The first-order valence-electron chi connectivity index (χ1n) is 7.15. The number of hydrogen-bond acceptors (Lipinski definition) is 5. The number of aromatic nitrogens is 3. The summed E-state index contributed by atoms with van der Waals surface area (Å²) in [5, 5.41) is 9.80. The summed E-state index contributed by atoms with van der Waals surface area (Å²) >= 11 is 7.25. The number of thioether (sulfide) groups is 1. The van der Waals surface area contributed by atoms with Crippen LogP contribution in [0.4, 0.5) is 0 Å². The van der Waals surface area contributed by atoms with E-state index in [0.717, 1.165) is 11.3 Å². The number of ether oxygens (including phenoxy) is 1. The Bertz CT molecular complexity index is 835. The van der Waals surface area contributed by atoms with E-state index in [2.05, 4.69) is 10.2 Å².